The van der Waals surface area contributed by atoms with Crippen molar-refractivity contribution in [3.8, 4) is 0 Å². The van der Waals surface area contributed by atoms with Crippen LogP contribution in [0.5, 0.6) is 0 Å². The molecule has 2 N–H and O–H groups in total. The van der Waals surface area contributed by atoms with Gasteiger partial charge in [-0.1, -0.05) is 30.3 Å². The molecule has 0 spiro atoms. The number of carbonyl (C=O) groups excluding carboxylic acids is 1. The molecule has 0 radical (unpaired) electrons. The molecule has 0 fully saturated rings. The number of amides is 1. The lowest BCUT2D eigenvalue weighted by Gasteiger charge is -2.16. The summed E-state index contributed by atoms with van der Waals surface area (Å²) in [6.45, 7) is 7.68. The van der Waals surface area contributed by atoms with Gasteiger partial charge in [-0.25, -0.2) is 9.97 Å². The molecule has 0 aliphatic rings. The molecule has 1 atom stereocenters. The Morgan fingerprint density at radius 1 is 1.09 bits per heavy atom. The van der Waals surface area contributed by atoms with Gasteiger partial charge in [0, 0.05) is 18.2 Å². The molecular formula is C17H22N4O. The monoisotopic (exact) mass is 298 g/mol. The Kier molecular flexibility index (Phi) is 5.09. The van der Waals surface area contributed by atoms with Crippen molar-refractivity contribution < 1.29 is 4.79 Å². The minimum Gasteiger partial charge on any atom is -0.363 e. The molecule has 1 amide bonds. The molecule has 22 heavy (non-hydrogen) atoms. The van der Waals surface area contributed by atoms with Crippen molar-refractivity contribution in [2.45, 2.75) is 39.8 Å². The molecule has 1 aromatic carbocycles. The number of rotatable bonds is 5. The van der Waals surface area contributed by atoms with E-state index in [4.69, 9.17) is 0 Å². The fourth-order valence-corrected chi connectivity index (χ4v) is 2.14. The molecule has 5 nitrogen and oxygen atoms in total. The molecule has 2 rings (SSSR count). The van der Waals surface area contributed by atoms with Crippen LogP contribution >= 0.6 is 0 Å². The Bertz CT molecular complexity index is 640. The van der Waals surface area contributed by atoms with Crippen molar-refractivity contribution >= 4 is 11.7 Å². The third kappa shape index (κ3) is 4.28. The van der Waals surface area contributed by atoms with Crippen LogP contribution in [0.2, 0.25) is 0 Å². The first kappa shape index (κ1) is 15.9. The Balaban J connectivity index is 2.18. The van der Waals surface area contributed by atoms with Gasteiger partial charge < -0.3 is 10.6 Å². The fraction of sp³-hybridized carbons (Fsp3) is 0.353. The van der Waals surface area contributed by atoms with E-state index in [1.165, 1.54) is 0 Å². The zero-order valence-corrected chi connectivity index (χ0v) is 13.4. The number of nitrogens with zero attached hydrogens (tertiary/aromatic N) is 2. The Labute approximate surface area is 131 Å². The van der Waals surface area contributed by atoms with Gasteiger partial charge in [0.1, 0.15) is 17.3 Å². The lowest BCUT2D eigenvalue weighted by molar-refractivity contribution is 0.0937. The highest BCUT2D eigenvalue weighted by Crippen LogP contribution is 2.18. The second-order valence-corrected chi connectivity index (χ2v) is 5.59. The summed E-state index contributed by atoms with van der Waals surface area (Å²) in [5.41, 5.74) is 1.54. The summed E-state index contributed by atoms with van der Waals surface area (Å²) in [4.78, 5) is 20.6. The molecule has 0 saturated carbocycles. The van der Waals surface area contributed by atoms with Crippen LogP contribution in [-0.2, 0) is 0 Å². The molecule has 116 valence electrons. The molecule has 1 aromatic heterocycles. The van der Waals surface area contributed by atoms with E-state index in [-0.39, 0.29) is 18.0 Å². The molecule has 5 heteroatoms. The number of carbonyl (C=O) groups is 1. The molecule has 2 aromatic rings. The third-order valence-electron chi connectivity index (χ3n) is 3.15. The molecule has 0 aliphatic heterocycles. The third-order valence-corrected chi connectivity index (χ3v) is 3.15. The van der Waals surface area contributed by atoms with Gasteiger partial charge in [-0.3, -0.25) is 4.79 Å². The van der Waals surface area contributed by atoms with Gasteiger partial charge in [-0.15, -0.1) is 0 Å². The van der Waals surface area contributed by atoms with Crippen LogP contribution in [0.1, 0.15) is 48.7 Å². The number of aryl methyl sites for hydroxylation is 1. The van der Waals surface area contributed by atoms with Gasteiger partial charge >= 0.3 is 0 Å². The summed E-state index contributed by atoms with van der Waals surface area (Å²) in [6.07, 6.45) is 0. The minimum atomic E-state index is -0.184. The predicted molar refractivity (Wildman–Crippen MR) is 87.9 cm³/mol. The van der Waals surface area contributed by atoms with E-state index in [1.54, 1.807) is 13.0 Å². The maximum absolute atomic E-state index is 12.1. The average molecular weight is 298 g/mol. The zero-order valence-electron chi connectivity index (χ0n) is 13.4. The van der Waals surface area contributed by atoms with E-state index in [0.717, 1.165) is 5.56 Å². The smallest absolute Gasteiger partial charge is 0.270 e. The summed E-state index contributed by atoms with van der Waals surface area (Å²) < 4.78 is 0. The van der Waals surface area contributed by atoms with Crippen LogP contribution in [0.15, 0.2) is 36.4 Å². The molecule has 1 heterocycles. The van der Waals surface area contributed by atoms with Gasteiger partial charge in [0.15, 0.2) is 0 Å². The van der Waals surface area contributed by atoms with E-state index in [0.29, 0.717) is 17.3 Å². The van der Waals surface area contributed by atoms with Crippen LogP contribution in [0.4, 0.5) is 5.82 Å². The number of aromatic nitrogens is 2. The van der Waals surface area contributed by atoms with Crippen molar-refractivity contribution in [2.24, 2.45) is 0 Å². The van der Waals surface area contributed by atoms with Gasteiger partial charge in [0.2, 0.25) is 0 Å². The lowest BCUT2D eigenvalue weighted by Crippen LogP contribution is -2.31. The van der Waals surface area contributed by atoms with Gasteiger partial charge in [0.05, 0.1) is 0 Å². The standard InChI is InChI=1S/C17H22N4O/c1-11(2)18-17(22)15-10-16(21-13(4)20-15)19-12(3)14-8-6-5-7-9-14/h5-12H,1-4H3,(H,18,22)(H,19,20,21). The SMILES string of the molecule is Cc1nc(NC(C)c2ccccc2)cc(C(=O)NC(C)C)n1. The molecule has 0 saturated heterocycles. The lowest BCUT2D eigenvalue weighted by atomic mass is 10.1. The van der Waals surface area contributed by atoms with Crippen molar-refractivity contribution in [3.05, 3.63) is 53.5 Å². The van der Waals surface area contributed by atoms with Crippen molar-refractivity contribution in [1.82, 2.24) is 15.3 Å². The van der Waals surface area contributed by atoms with E-state index in [2.05, 4.69) is 39.7 Å². The van der Waals surface area contributed by atoms with Crippen molar-refractivity contribution in [1.29, 1.82) is 0 Å². The maximum Gasteiger partial charge on any atom is 0.270 e. The summed E-state index contributed by atoms with van der Waals surface area (Å²) in [6, 6.07) is 11.9. The second-order valence-electron chi connectivity index (χ2n) is 5.59. The van der Waals surface area contributed by atoms with Crippen molar-refractivity contribution in [2.75, 3.05) is 5.32 Å². The van der Waals surface area contributed by atoms with E-state index in [1.807, 2.05) is 32.0 Å². The number of hydrogen-bond donors (Lipinski definition) is 2. The molecule has 1 unspecified atom stereocenters. The second kappa shape index (κ2) is 7.02. The minimum absolute atomic E-state index is 0.0717. The van der Waals surface area contributed by atoms with Crippen LogP contribution in [0.25, 0.3) is 0 Å². The van der Waals surface area contributed by atoms with Gasteiger partial charge in [-0.05, 0) is 33.3 Å². The first-order chi connectivity index (χ1) is 10.5. The van der Waals surface area contributed by atoms with Gasteiger partial charge in [-0.2, -0.15) is 0 Å². The Morgan fingerprint density at radius 2 is 1.77 bits per heavy atom. The van der Waals surface area contributed by atoms with Crippen molar-refractivity contribution in [3.63, 3.8) is 0 Å². The van der Waals surface area contributed by atoms with E-state index in [9.17, 15) is 4.79 Å². The quantitative estimate of drug-likeness (QED) is 0.890. The number of hydrogen-bond acceptors (Lipinski definition) is 4. The fourth-order valence-electron chi connectivity index (χ4n) is 2.14. The van der Waals surface area contributed by atoms with E-state index < -0.39 is 0 Å². The highest BCUT2D eigenvalue weighted by atomic mass is 16.1. The summed E-state index contributed by atoms with van der Waals surface area (Å²) in [5.74, 6) is 1.04. The first-order valence-electron chi connectivity index (χ1n) is 7.43. The number of benzene rings is 1. The summed E-state index contributed by atoms with van der Waals surface area (Å²) >= 11 is 0. The first-order valence-corrected chi connectivity index (χ1v) is 7.43. The highest BCUT2D eigenvalue weighted by molar-refractivity contribution is 5.93. The topological polar surface area (TPSA) is 66.9 Å². The summed E-state index contributed by atoms with van der Waals surface area (Å²) in [5, 5.41) is 6.16. The maximum atomic E-state index is 12.1. The largest absolute Gasteiger partial charge is 0.363 e. The Hall–Kier alpha value is -2.43. The Morgan fingerprint density at radius 3 is 2.41 bits per heavy atom. The number of nitrogens with one attached hydrogen (secondary N) is 2. The highest BCUT2D eigenvalue weighted by Gasteiger charge is 2.13. The van der Waals surface area contributed by atoms with Gasteiger partial charge in [0.25, 0.3) is 5.91 Å². The van der Waals surface area contributed by atoms with Crippen LogP contribution in [0.3, 0.4) is 0 Å². The van der Waals surface area contributed by atoms with Crippen LogP contribution in [0, 0.1) is 6.92 Å². The summed E-state index contributed by atoms with van der Waals surface area (Å²) in [7, 11) is 0. The molecular weight excluding hydrogens is 276 g/mol. The normalized spacial score (nSPS) is 12.0. The van der Waals surface area contributed by atoms with Crippen LogP contribution < -0.4 is 10.6 Å². The molecule has 0 bridgehead atoms. The number of anilines is 1. The predicted octanol–water partition coefficient (Wildman–Crippen LogP) is 3.10. The average Bonchev–Trinajstić information content (AvgIpc) is 2.46. The van der Waals surface area contributed by atoms with Crippen LogP contribution in [-0.4, -0.2) is 21.9 Å². The zero-order chi connectivity index (χ0) is 16.1. The van der Waals surface area contributed by atoms with E-state index >= 15 is 0 Å². The molecule has 0 aliphatic carbocycles.